The number of aromatic nitrogens is 2. The van der Waals surface area contributed by atoms with Crippen LogP contribution in [-0.2, 0) is 20.7 Å². The maximum Gasteiger partial charge on any atom is 0.490 e. The van der Waals surface area contributed by atoms with Gasteiger partial charge in [-0.15, -0.1) is 0 Å². The van der Waals surface area contributed by atoms with Crippen LogP contribution in [0.15, 0.2) is 67.0 Å². The number of amides is 1. The van der Waals surface area contributed by atoms with Crippen molar-refractivity contribution in [3.05, 3.63) is 78.2 Å². The summed E-state index contributed by atoms with van der Waals surface area (Å²) in [4.78, 5) is 44.6. The molecule has 3 aromatic rings. The number of ether oxygens (including phenoxy) is 1. The number of alkyl halides is 3. The average molecular weight is 599 g/mol. The molecule has 2 aliphatic rings. The zero-order valence-electron chi connectivity index (χ0n) is 23.4. The summed E-state index contributed by atoms with van der Waals surface area (Å²) in [5.41, 5.74) is 0.0898. The van der Waals surface area contributed by atoms with E-state index in [1.165, 1.54) is 6.33 Å². The molecule has 0 radical (unpaired) electrons. The third-order valence-electron chi connectivity index (χ3n) is 8.22. The minimum atomic E-state index is -5.30. The van der Waals surface area contributed by atoms with Crippen molar-refractivity contribution in [1.82, 2.24) is 19.8 Å². The van der Waals surface area contributed by atoms with Crippen molar-refractivity contribution in [3.8, 4) is 11.3 Å². The van der Waals surface area contributed by atoms with Gasteiger partial charge < -0.3 is 24.6 Å². The third-order valence-corrected chi connectivity index (χ3v) is 8.22. The Morgan fingerprint density at radius 3 is 2.42 bits per heavy atom. The molecule has 0 spiro atoms. The SMILES string of the molecule is O=C(O)CC1(OC(=O)C(F)(F)F)CCCC[C@@H]1n1cnc(C(=O)N2CCNC[C@H]2Cc2ccccc2)c1-c1ccccc1. The van der Waals surface area contributed by atoms with Crippen molar-refractivity contribution in [2.75, 3.05) is 19.6 Å². The molecule has 2 fully saturated rings. The van der Waals surface area contributed by atoms with Crippen LogP contribution >= 0.6 is 0 Å². The number of imidazole rings is 1. The maximum absolute atomic E-state index is 14.2. The Balaban J connectivity index is 1.58. The van der Waals surface area contributed by atoms with E-state index >= 15 is 0 Å². The smallest absolute Gasteiger partial charge is 0.481 e. The molecule has 1 aliphatic heterocycles. The Bertz CT molecular complexity index is 1450. The molecule has 1 aromatic heterocycles. The summed E-state index contributed by atoms with van der Waals surface area (Å²) in [7, 11) is 0. The van der Waals surface area contributed by atoms with E-state index < -0.39 is 36.2 Å². The molecule has 1 saturated heterocycles. The summed E-state index contributed by atoms with van der Waals surface area (Å²) >= 11 is 0. The van der Waals surface area contributed by atoms with E-state index in [4.69, 9.17) is 4.74 Å². The summed E-state index contributed by atoms with van der Waals surface area (Å²) in [5, 5.41) is 13.1. The first kappa shape index (κ1) is 30.3. The van der Waals surface area contributed by atoms with Crippen LogP contribution < -0.4 is 5.32 Å². The highest BCUT2D eigenvalue weighted by atomic mass is 19.4. The van der Waals surface area contributed by atoms with E-state index in [-0.39, 0.29) is 30.5 Å². The molecule has 43 heavy (non-hydrogen) atoms. The number of carboxylic acids is 1. The normalized spacial score (nSPS) is 22.6. The lowest BCUT2D eigenvalue weighted by Gasteiger charge is -2.43. The fraction of sp³-hybridized carbons (Fsp3) is 0.419. The highest BCUT2D eigenvalue weighted by Gasteiger charge is 2.53. The van der Waals surface area contributed by atoms with Gasteiger partial charge in [-0.1, -0.05) is 67.1 Å². The van der Waals surface area contributed by atoms with Gasteiger partial charge in [0.2, 0.25) is 0 Å². The van der Waals surface area contributed by atoms with Gasteiger partial charge in [-0.25, -0.2) is 9.78 Å². The largest absolute Gasteiger partial charge is 0.490 e. The van der Waals surface area contributed by atoms with Crippen molar-refractivity contribution in [1.29, 1.82) is 0 Å². The van der Waals surface area contributed by atoms with Crippen molar-refractivity contribution in [3.63, 3.8) is 0 Å². The number of piperazine rings is 1. The van der Waals surface area contributed by atoms with E-state index in [0.717, 1.165) is 5.56 Å². The first-order valence-electron chi connectivity index (χ1n) is 14.3. The van der Waals surface area contributed by atoms with Crippen molar-refractivity contribution < 1.29 is 37.4 Å². The quantitative estimate of drug-likeness (QED) is 0.363. The number of carbonyl (C=O) groups is 3. The second-order valence-electron chi connectivity index (χ2n) is 11.0. The number of rotatable bonds is 8. The fourth-order valence-corrected chi connectivity index (χ4v) is 6.31. The monoisotopic (exact) mass is 598 g/mol. The predicted octanol–water partition coefficient (Wildman–Crippen LogP) is 4.64. The zero-order chi connectivity index (χ0) is 30.6. The average Bonchev–Trinajstić information content (AvgIpc) is 3.42. The van der Waals surface area contributed by atoms with Gasteiger partial charge in [0.05, 0.1) is 24.5 Å². The number of carbonyl (C=O) groups excluding carboxylic acids is 2. The molecule has 228 valence electrons. The number of nitrogens with one attached hydrogen (secondary N) is 1. The molecular weight excluding hydrogens is 565 g/mol. The van der Waals surface area contributed by atoms with Gasteiger partial charge in [-0.05, 0) is 31.2 Å². The van der Waals surface area contributed by atoms with Crippen LogP contribution in [0.2, 0.25) is 0 Å². The second kappa shape index (κ2) is 12.6. The van der Waals surface area contributed by atoms with Crippen molar-refractivity contribution in [2.45, 2.75) is 62.4 Å². The molecule has 2 heterocycles. The van der Waals surface area contributed by atoms with Gasteiger partial charge in [0.15, 0.2) is 5.69 Å². The number of hydrogen-bond acceptors (Lipinski definition) is 6. The topological polar surface area (TPSA) is 114 Å². The lowest BCUT2D eigenvalue weighted by molar-refractivity contribution is -0.222. The Kier molecular flexibility index (Phi) is 8.86. The molecule has 1 amide bonds. The molecular formula is C31H33F3N4O5. The second-order valence-corrected chi connectivity index (χ2v) is 11.0. The van der Waals surface area contributed by atoms with Crippen LogP contribution in [0.4, 0.5) is 13.2 Å². The number of benzene rings is 2. The summed E-state index contributed by atoms with van der Waals surface area (Å²) < 4.78 is 46.8. The highest BCUT2D eigenvalue weighted by molar-refractivity contribution is 5.98. The van der Waals surface area contributed by atoms with Crippen molar-refractivity contribution in [2.24, 2.45) is 0 Å². The Morgan fingerprint density at radius 1 is 1.05 bits per heavy atom. The minimum absolute atomic E-state index is 0.0849. The summed E-state index contributed by atoms with van der Waals surface area (Å²) in [6.45, 7) is 1.57. The lowest BCUT2D eigenvalue weighted by atomic mass is 9.77. The first-order chi connectivity index (χ1) is 20.6. The third kappa shape index (κ3) is 6.58. The van der Waals surface area contributed by atoms with Gasteiger partial charge in [0.25, 0.3) is 5.91 Å². The Morgan fingerprint density at radius 2 is 1.74 bits per heavy atom. The first-order valence-corrected chi connectivity index (χ1v) is 14.3. The van der Waals surface area contributed by atoms with E-state index in [1.807, 2.05) is 30.3 Å². The molecule has 0 bridgehead atoms. The maximum atomic E-state index is 14.2. The van der Waals surface area contributed by atoms with Crippen LogP contribution in [0.3, 0.4) is 0 Å². The molecule has 3 atom stereocenters. The van der Waals surface area contributed by atoms with Crippen LogP contribution in [0.25, 0.3) is 11.3 Å². The van der Waals surface area contributed by atoms with Gasteiger partial charge in [0, 0.05) is 31.2 Å². The molecule has 1 unspecified atom stereocenters. The minimum Gasteiger partial charge on any atom is -0.481 e. The predicted molar refractivity (Wildman–Crippen MR) is 150 cm³/mol. The van der Waals surface area contributed by atoms with E-state index in [2.05, 4.69) is 10.3 Å². The summed E-state index contributed by atoms with van der Waals surface area (Å²) in [6, 6.07) is 17.4. The van der Waals surface area contributed by atoms with Crippen LogP contribution in [-0.4, -0.2) is 74.9 Å². The van der Waals surface area contributed by atoms with E-state index in [9.17, 15) is 32.7 Å². The molecule has 2 aromatic carbocycles. The number of hydrogen-bond donors (Lipinski definition) is 2. The van der Waals surface area contributed by atoms with Gasteiger partial charge in [-0.2, -0.15) is 13.2 Å². The van der Waals surface area contributed by atoms with Crippen LogP contribution in [0.5, 0.6) is 0 Å². The van der Waals surface area contributed by atoms with Gasteiger partial charge in [-0.3, -0.25) is 9.59 Å². The van der Waals surface area contributed by atoms with Crippen LogP contribution in [0, 0.1) is 0 Å². The number of nitrogens with zero attached hydrogens (tertiary/aromatic N) is 3. The van der Waals surface area contributed by atoms with Gasteiger partial charge in [0.1, 0.15) is 5.60 Å². The standard InChI is InChI=1S/C31H33F3N4O5/c32-31(33,34)29(42)43-30(18-25(39)40)14-8-7-13-24(30)38-20-36-26(27(38)22-11-5-2-6-12-22)28(41)37-16-15-35-19-23(37)17-21-9-3-1-4-10-21/h1-6,9-12,20,23-24,35H,7-8,13-19H2,(H,39,40)/t23-,24+,30?/m1/s1. The van der Waals surface area contributed by atoms with Crippen molar-refractivity contribution >= 4 is 17.8 Å². The van der Waals surface area contributed by atoms with E-state index in [0.29, 0.717) is 50.2 Å². The number of halogens is 3. The fourth-order valence-electron chi connectivity index (χ4n) is 6.31. The van der Waals surface area contributed by atoms with E-state index in [1.54, 1.807) is 39.8 Å². The Labute approximate surface area is 246 Å². The molecule has 2 N–H and O–H groups in total. The molecule has 12 heteroatoms. The molecule has 1 aliphatic carbocycles. The number of esters is 1. The Hall–Kier alpha value is -4.19. The highest BCUT2D eigenvalue weighted by Crippen LogP contribution is 2.46. The van der Waals surface area contributed by atoms with Gasteiger partial charge >= 0.3 is 18.1 Å². The summed E-state index contributed by atoms with van der Waals surface area (Å²) in [6.07, 6.45) is -3.09. The number of carboxylic acid groups (broad SMARTS) is 1. The summed E-state index contributed by atoms with van der Waals surface area (Å²) in [5.74, 6) is -4.18. The number of aliphatic carboxylic acids is 1. The lowest BCUT2D eigenvalue weighted by Crippen LogP contribution is -2.54. The molecule has 1 saturated carbocycles. The zero-order valence-corrected chi connectivity index (χ0v) is 23.4. The van der Waals surface area contributed by atoms with Crippen LogP contribution in [0.1, 0.15) is 54.2 Å². The molecule has 5 rings (SSSR count). The molecule has 9 nitrogen and oxygen atoms in total.